The minimum absolute atomic E-state index is 0.424. The fourth-order valence-electron chi connectivity index (χ4n) is 11.1. The lowest BCUT2D eigenvalue weighted by molar-refractivity contribution is 0.667. The van der Waals surface area contributed by atoms with Crippen molar-refractivity contribution in [2.75, 3.05) is 0 Å². The van der Waals surface area contributed by atoms with Crippen LogP contribution in [0, 0.1) is 0 Å². The van der Waals surface area contributed by atoms with Crippen molar-refractivity contribution in [1.29, 1.82) is 0 Å². The van der Waals surface area contributed by atoms with Gasteiger partial charge in [0.25, 0.3) is 0 Å². The quantitative estimate of drug-likeness (QED) is 0.181. The zero-order valence-electron chi connectivity index (χ0n) is 37.5. The van der Waals surface area contributed by atoms with Gasteiger partial charge in [0.05, 0.1) is 22.1 Å². The van der Waals surface area contributed by atoms with Crippen LogP contribution in [0.2, 0.25) is 0 Å². The summed E-state index contributed by atoms with van der Waals surface area (Å²) in [5.41, 5.74) is 13.8. The first-order valence-electron chi connectivity index (χ1n) is 23.7. The Morgan fingerprint density at radius 1 is 0.443 bits per heavy atom. The Kier molecular flexibility index (Phi) is 8.49. The van der Waals surface area contributed by atoms with Crippen LogP contribution in [0.4, 0.5) is 0 Å². The smallest absolute Gasteiger partial charge is 0.160 e. The molecule has 7 heteroatoms. The third-order valence-electron chi connectivity index (χ3n) is 14.2. The normalized spacial score (nSPS) is 14.1. The minimum Gasteiger partial charge on any atom is -0.455 e. The number of hydrogen-bond donors (Lipinski definition) is 1. The summed E-state index contributed by atoms with van der Waals surface area (Å²) in [4.78, 5) is 10.8. The zero-order chi connectivity index (χ0) is 45.9. The summed E-state index contributed by atoms with van der Waals surface area (Å²) in [5.74, 6) is 1.43. The Bertz CT molecular complexity index is 4500. The monoisotopic (exact) mass is 913 g/mol. The highest BCUT2D eigenvalue weighted by Gasteiger charge is 2.26. The number of para-hydroxylation sites is 4. The molecular formula is C63H39N5OS. The molecule has 5 heterocycles. The molecular weight excluding hydrogens is 875 g/mol. The van der Waals surface area contributed by atoms with Crippen LogP contribution in [0.15, 0.2) is 239 Å². The summed E-state index contributed by atoms with van der Waals surface area (Å²) in [5, 5.41) is 13.2. The lowest BCUT2D eigenvalue weighted by atomic mass is 10.0. The van der Waals surface area contributed by atoms with Gasteiger partial charge in [-0.1, -0.05) is 158 Å². The van der Waals surface area contributed by atoms with Crippen molar-refractivity contribution in [1.82, 2.24) is 14.5 Å². The number of rotatable bonds is 6. The largest absolute Gasteiger partial charge is 0.455 e. The van der Waals surface area contributed by atoms with Gasteiger partial charge in [0.15, 0.2) is 5.84 Å². The van der Waals surface area contributed by atoms with E-state index in [1.165, 1.54) is 52.8 Å². The van der Waals surface area contributed by atoms with Gasteiger partial charge >= 0.3 is 0 Å². The molecule has 0 spiro atoms. The maximum absolute atomic E-state index is 6.75. The van der Waals surface area contributed by atoms with Crippen LogP contribution in [0.1, 0.15) is 22.9 Å². The van der Waals surface area contributed by atoms with Gasteiger partial charge in [0.1, 0.15) is 23.2 Å². The molecule has 10 aromatic carbocycles. The Balaban J connectivity index is 0.880. The van der Waals surface area contributed by atoms with E-state index in [2.05, 4.69) is 233 Å². The third-order valence-corrected chi connectivity index (χ3v) is 15.3. The maximum atomic E-state index is 6.75. The molecule has 0 fully saturated rings. The summed E-state index contributed by atoms with van der Waals surface area (Å²) in [7, 11) is 0. The second kappa shape index (κ2) is 15.2. The number of nitrogens with zero attached hydrogens (tertiary/aromatic N) is 4. The number of amidine groups is 2. The number of benzene rings is 10. The van der Waals surface area contributed by atoms with Crippen molar-refractivity contribution in [2.24, 2.45) is 9.98 Å². The van der Waals surface area contributed by atoms with Gasteiger partial charge in [-0.2, -0.15) is 0 Å². The van der Waals surface area contributed by atoms with Crippen molar-refractivity contribution in [2.45, 2.75) is 6.17 Å². The van der Waals surface area contributed by atoms with Crippen LogP contribution in [0.25, 0.3) is 108 Å². The first-order chi connectivity index (χ1) is 34.7. The summed E-state index contributed by atoms with van der Waals surface area (Å²) in [6.07, 6.45) is -0.424. The number of furan rings is 1. The summed E-state index contributed by atoms with van der Waals surface area (Å²) >= 11 is 1.80. The van der Waals surface area contributed by atoms with Crippen LogP contribution in [-0.4, -0.2) is 20.8 Å². The summed E-state index contributed by atoms with van der Waals surface area (Å²) in [6.45, 7) is 0. The highest BCUT2D eigenvalue weighted by Crippen LogP contribution is 2.43. The molecule has 0 saturated heterocycles. The van der Waals surface area contributed by atoms with Gasteiger partial charge in [0.2, 0.25) is 0 Å². The molecule has 1 unspecified atom stereocenters. The van der Waals surface area contributed by atoms with E-state index in [-0.39, 0.29) is 0 Å². The van der Waals surface area contributed by atoms with E-state index in [0.29, 0.717) is 5.84 Å². The van der Waals surface area contributed by atoms with Crippen LogP contribution in [0.5, 0.6) is 0 Å². The van der Waals surface area contributed by atoms with Crippen molar-refractivity contribution in [3.05, 3.63) is 241 Å². The number of fused-ring (bicyclic) bond motifs is 13. The van der Waals surface area contributed by atoms with Gasteiger partial charge < -0.3 is 18.9 Å². The highest BCUT2D eigenvalue weighted by molar-refractivity contribution is 7.25. The first kappa shape index (κ1) is 39.0. The van der Waals surface area contributed by atoms with Gasteiger partial charge in [-0.05, 0) is 77.9 Å². The summed E-state index contributed by atoms with van der Waals surface area (Å²) < 4.78 is 14.0. The van der Waals surface area contributed by atoms with Crippen molar-refractivity contribution in [3.8, 4) is 22.5 Å². The van der Waals surface area contributed by atoms with E-state index in [4.69, 9.17) is 14.4 Å². The zero-order valence-corrected chi connectivity index (χ0v) is 38.4. The van der Waals surface area contributed by atoms with Crippen LogP contribution in [0.3, 0.4) is 0 Å². The fourth-order valence-corrected chi connectivity index (χ4v) is 12.2. The summed E-state index contributed by atoms with van der Waals surface area (Å²) in [6, 6.07) is 80.1. The molecule has 15 rings (SSSR count). The number of nitrogens with one attached hydrogen (secondary N) is 1. The second-order valence-corrected chi connectivity index (χ2v) is 19.2. The molecule has 4 aromatic heterocycles. The van der Waals surface area contributed by atoms with Crippen LogP contribution < -0.4 is 5.32 Å². The topological polar surface area (TPSA) is 59.8 Å². The van der Waals surface area contributed by atoms with E-state index in [1.54, 1.807) is 11.3 Å². The van der Waals surface area contributed by atoms with Gasteiger partial charge in [-0.25, -0.2) is 9.98 Å². The molecule has 6 nitrogen and oxygen atoms in total. The molecule has 14 aromatic rings. The van der Waals surface area contributed by atoms with E-state index >= 15 is 0 Å². The molecule has 0 bridgehead atoms. The maximum Gasteiger partial charge on any atom is 0.160 e. The number of thiophene rings is 1. The van der Waals surface area contributed by atoms with E-state index in [1.807, 2.05) is 6.07 Å². The molecule has 0 radical (unpaired) electrons. The average Bonchev–Trinajstić information content (AvgIpc) is 4.19. The number of aromatic nitrogens is 2. The highest BCUT2D eigenvalue weighted by atomic mass is 32.1. The van der Waals surface area contributed by atoms with Crippen LogP contribution in [-0.2, 0) is 0 Å². The fraction of sp³-hybridized carbons (Fsp3) is 0.0159. The van der Waals surface area contributed by atoms with Gasteiger partial charge in [-0.3, -0.25) is 0 Å². The van der Waals surface area contributed by atoms with Crippen molar-refractivity contribution < 1.29 is 4.42 Å². The molecule has 1 atom stereocenters. The Hall–Kier alpha value is -9.04. The molecule has 0 saturated carbocycles. The lowest BCUT2D eigenvalue weighted by Gasteiger charge is -2.24. The third kappa shape index (κ3) is 5.85. The van der Waals surface area contributed by atoms with E-state index in [0.717, 1.165) is 78.0 Å². The van der Waals surface area contributed by atoms with E-state index in [9.17, 15) is 0 Å². The molecule has 70 heavy (non-hydrogen) atoms. The SMILES string of the molecule is c1ccc(-c2cccc3c2oc2cc(C4=NC(c5cccc6sc7ccccc7c56)=NC(c5ccc(-n6c7ccccc7c7c6ccc6c8ccccc8n(-c8ccccc8)c67)cc5)N4)ccc23)cc1. The second-order valence-electron chi connectivity index (χ2n) is 18.1. The van der Waals surface area contributed by atoms with E-state index < -0.39 is 6.17 Å². The van der Waals surface area contributed by atoms with Crippen LogP contribution >= 0.6 is 11.3 Å². The predicted octanol–water partition coefficient (Wildman–Crippen LogP) is 16.3. The van der Waals surface area contributed by atoms with Crippen molar-refractivity contribution in [3.63, 3.8) is 0 Å². The van der Waals surface area contributed by atoms with Gasteiger partial charge in [0, 0.05) is 80.6 Å². The minimum atomic E-state index is -0.424. The average molecular weight is 914 g/mol. The number of hydrogen-bond acceptors (Lipinski definition) is 5. The Morgan fingerprint density at radius 3 is 1.94 bits per heavy atom. The van der Waals surface area contributed by atoms with Crippen molar-refractivity contribution >= 4 is 109 Å². The molecule has 328 valence electrons. The molecule has 1 N–H and O–H groups in total. The van der Waals surface area contributed by atoms with Gasteiger partial charge in [-0.15, -0.1) is 11.3 Å². The standard InChI is InChI=1S/C63H39N5OS/c1-3-15-38(16-4-1)43-22-13-23-47-45-34-31-40(37-54(45)69-60(43)47)62-64-61(65-63(66-62)50-24-14-28-56-57(50)49-21-9-12-27-55(49)70-56)39-29-32-42(33-30-39)67-52-26-11-8-20-48(52)58-53(67)36-35-46-44-19-7-10-25-51(44)68(59(46)58)41-17-5-2-6-18-41/h1-37,61H,(H,64,65,66). The lowest BCUT2D eigenvalue weighted by Crippen LogP contribution is -2.33. The number of aliphatic imine (C=N–C) groups is 2. The molecule has 1 aliphatic rings. The molecule has 0 amide bonds. The molecule has 0 aliphatic carbocycles. The Morgan fingerprint density at radius 2 is 1.10 bits per heavy atom. The first-order valence-corrected chi connectivity index (χ1v) is 24.5. The Labute approximate surface area is 405 Å². The predicted molar refractivity (Wildman–Crippen MR) is 293 cm³/mol. The molecule has 1 aliphatic heterocycles.